The van der Waals surface area contributed by atoms with Crippen molar-refractivity contribution in [2.75, 3.05) is 7.11 Å². The minimum atomic E-state index is -0.672. The van der Waals surface area contributed by atoms with Crippen molar-refractivity contribution in [2.45, 2.75) is 25.9 Å². The molecular formula is C17H19BrO2. The Morgan fingerprint density at radius 1 is 1.15 bits per heavy atom. The molecule has 1 unspecified atom stereocenters. The van der Waals surface area contributed by atoms with E-state index in [4.69, 9.17) is 4.74 Å². The van der Waals surface area contributed by atoms with Crippen LogP contribution in [-0.2, 0) is 6.42 Å². The third-order valence-corrected chi connectivity index (χ3v) is 3.82. The number of benzene rings is 2. The number of methoxy groups -OCH3 is 1. The lowest BCUT2D eigenvalue weighted by Crippen LogP contribution is -2.02. The largest absolute Gasteiger partial charge is 0.496 e. The van der Waals surface area contributed by atoms with E-state index in [1.165, 1.54) is 5.56 Å². The van der Waals surface area contributed by atoms with Gasteiger partial charge in [0.15, 0.2) is 0 Å². The molecular weight excluding hydrogens is 316 g/mol. The summed E-state index contributed by atoms with van der Waals surface area (Å²) in [5.74, 6) is 0.685. The summed E-state index contributed by atoms with van der Waals surface area (Å²) in [6, 6.07) is 13.8. The van der Waals surface area contributed by atoms with E-state index in [0.717, 1.165) is 28.4 Å². The van der Waals surface area contributed by atoms with Crippen LogP contribution in [0.1, 0.15) is 36.1 Å². The van der Waals surface area contributed by atoms with E-state index in [0.29, 0.717) is 5.75 Å². The summed E-state index contributed by atoms with van der Waals surface area (Å²) in [5.41, 5.74) is 2.95. The van der Waals surface area contributed by atoms with Crippen LogP contribution in [0.3, 0.4) is 0 Å². The van der Waals surface area contributed by atoms with Crippen molar-refractivity contribution < 1.29 is 9.84 Å². The van der Waals surface area contributed by atoms with Crippen LogP contribution in [-0.4, -0.2) is 12.2 Å². The predicted molar refractivity (Wildman–Crippen MR) is 85.2 cm³/mol. The number of aryl methyl sites for hydroxylation is 1. The fourth-order valence-electron chi connectivity index (χ4n) is 2.25. The summed E-state index contributed by atoms with van der Waals surface area (Å²) in [6.07, 6.45) is 1.52. The van der Waals surface area contributed by atoms with Crippen LogP contribution in [0.25, 0.3) is 0 Å². The Morgan fingerprint density at radius 2 is 1.85 bits per heavy atom. The lowest BCUT2D eigenvalue weighted by molar-refractivity contribution is 0.214. The van der Waals surface area contributed by atoms with Gasteiger partial charge in [0.05, 0.1) is 7.11 Å². The van der Waals surface area contributed by atoms with Crippen LogP contribution in [0.5, 0.6) is 5.75 Å². The van der Waals surface area contributed by atoms with Gasteiger partial charge in [0.25, 0.3) is 0 Å². The SMILES string of the molecule is CCCc1ccc(C(O)c2ccc(Br)cc2OC)cc1. The highest BCUT2D eigenvalue weighted by Crippen LogP contribution is 2.32. The molecule has 2 nitrogen and oxygen atoms in total. The Hall–Kier alpha value is -1.32. The van der Waals surface area contributed by atoms with Crippen molar-refractivity contribution in [1.29, 1.82) is 0 Å². The van der Waals surface area contributed by atoms with E-state index in [1.54, 1.807) is 7.11 Å². The van der Waals surface area contributed by atoms with Crippen molar-refractivity contribution in [3.8, 4) is 5.75 Å². The van der Waals surface area contributed by atoms with E-state index >= 15 is 0 Å². The van der Waals surface area contributed by atoms with Gasteiger partial charge in [0.2, 0.25) is 0 Å². The predicted octanol–water partition coefficient (Wildman–Crippen LogP) is 4.49. The molecule has 0 aliphatic rings. The van der Waals surface area contributed by atoms with Crippen LogP contribution >= 0.6 is 15.9 Å². The maximum Gasteiger partial charge on any atom is 0.126 e. The summed E-state index contributed by atoms with van der Waals surface area (Å²) < 4.78 is 6.27. The Morgan fingerprint density at radius 3 is 2.45 bits per heavy atom. The number of hydrogen-bond donors (Lipinski definition) is 1. The van der Waals surface area contributed by atoms with E-state index < -0.39 is 6.10 Å². The smallest absolute Gasteiger partial charge is 0.126 e. The standard InChI is InChI=1S/C17H19BrO2/c1-3-4-12-5-7-13(8-6-12)17(19)15-10-9-14(18)11-16(15)20-2/h5-11,17,19H,3-4H2,1-2H3. The van der Waals surface area contributed by atoms with Gasteiger partial charge < -0.3 is 9.84 Å². The molecule has 0 fully saturated rings. The summed E-state index contributed by atoms with van der Waals surface area (Å²) in [5, 5.41) is 10.5. The number of aliphatic hydroxyl groups is 1. The third kappa shape index (κ3) is 3.41. The Labute approximate surface area is 128 Å². The summed E-state index contributed by atoms with van der Waals surface area (Å²) in [7, 11) is 1.61. The van der Waals surface area contributed by atoms with Gasteiger partial charge in [-0.1, -0.05) is 59.6 Å². The van der Waals surface area contributed by atoms with Gasteiger partial charge in [-0.2, -0.15) is 0 Å². The highest BCUT2D eigenvalue weighted by atomic mass is 79.9. The van der Waals surface area contributed by atoms with Crippen LogP contribution in [0.15, 0.2) is 46.9 Å². The molecule has 0 aliphatic carbocycles. The zero-order chi connectivity index (χ0) is 14.5. The second-order valence-corrected chi connectivity index (χ2v) is 5.70. The molecule has 0 spiro atoms. The highest BCUT2D eigenvalue weighted by molar-refractivity contribution is 9.10. The van der Waals surface area contributed by atoms with Crippen molar-refractivity contribution in [3.63, 3.8) is 0 Å². The summed E-state index contributed by atoms with van der Waals surface area (Å²) in [6.45, 7) is 2.16. The summed E-state index contributed by atoms with van der Waals surface area (Å²) >= 11 is 3.41. The first-order valence-corrected chi connectivity index (χ1v) is 7.55. The van der Waals surface area contributed by atoms with Gasteiger partial charge >= 0.3 is 0 Å². The molecule has 0 aliphatic heterocycles. The van der Waals surface area contributed by atoms with E-state index in [2.05, 4.69) is 35.0 Å². The molecule has 2 aromatic rings. The third-order valence-electron chi connectivity index (χ3n) is 3.32. The fraction of sp³-hybridized carbons (Fsp3) is 0.294. The average molecular weight is 335 g/mol. The second-order valence-electron chi connectivity index (χ2n) is 4.78. The molecule has 0 heterocycles. The van der Waals surface area contributed by atoms with Gasteiger partial charge in [0, 0.05) is 10.0 Å². The van der Waals surface area contributed by atoms with Crippen molar-refractivity contribution >= 4 is 15.9 Å². The molecule has 106 valence electrons. The summed E-state index contributed by atoms with van der Waals surface area (Å²) in [4.78, 5) is 0. The lowest BCUT2D eigenvalue weighted by atomic mass is 9.99. The van der Waals surface area contributed by atoms with E-state index in [9.17, 15) is 5.11 Å². The van der Waals surface area contributed by atoms with E-state index in [-0.39, 0.29) is 0 Å². The monoisotopic (exact) mass is 334 g/mol. The normalized spacial score (nSPS) is 12.2. The number of aliphatic hydroxyl groups excluding tert-OH is 1. The molecule has 0 saturated heterocycles. The van der Waals surface area contributed by atoms with Gasteiger partial charge in [0.1, 0.15) is 11.9 Å². The van der Waals surface area contributed by atoms with Crippen LogP contribution < -0.4 is 4.74 Å². The number of halogens is 1. The fourth-order valence-corrected chi connectivity index (χ4v) is 2.59. The topological polar surface area (TPSA) is 29.5 Å². The minimum absolute atomic E-state index is 0.672. The number of hydrogen-bond acceptors (Lipinski definition) is 2. The maximum atomic E-state index is 10.5. The molecule has 1 atom stereocenters. The molecule has 0 bridgehead atoms. The molecule has 2 rings (SSSR count). The van der Waals surface area contributed by atoms with Gasteiger partial charge in [-0.15, -0.1) is 0 Å². The molecule has 0 amide bonds. The quantitative estimate of drug-likeness (QED) is 0.872. The first-order valence-electron chi connectivity index (χ1n) is 6.76. The van der Waals surface area contributed by atoms with Crippen LogP contribution in [0.4, 0.5) is 0 Å². The molecule has 20 heavy (non-hydrogen) atoms. The molecule has 3 heteroatoms. The van der Waals surface area contributed by atoms with Crippen LogP contribution in [0.2, 0.25) is 0 Å². The Bertz CT molecular complexity index is 564. The first kappa shape index (κ1) is 15.1. The lowest BCUT2D eigenvalue weighted by Gasteiger charge is -2.16. The van der Waals surface area contributed by atoms with Crippen molar-refractivity contribution in [3.05, 3.63) is 63.6 Å². The number of ether oxygens (including phenoxy) is 1. The zero-order valence-electron chi connectivity index (χ0n) is 11.8. The Balaban J connectivity index is 2.28. The molecule has 0 saturated carbocycles. The Kier molecular flexibility index (Phi) is 5.21. The molecule has 2 aromatic carbocycles. The average Bonchev–Trinajstić information content (AvgIpc) is 2.47. The van der Waals surface area contributed by atoms with Gasteiger partial charge in [-0.25, -0.2) is 0 Å². The van der Waals surface area contributed by atoms with Crippen LogP contribution in [0, 0.1) is 0 Å². The zero-order valence-corrected chi connectivity index (χ0v) is 13.4. The maximum absolute atomic E-state index is 10.5. The molecule has 0 radical (unpaired) electrons. The molecule has 0 aromatic heterocycles. The molecule has 1 N–H and O–H groups in total. The van der Waals surface area contributed by atoms with Crippen molar-refractivity contribution in [2.24, 2.45) is 0 Å². The minimum Gasteiger partial charge on any atom is -0.496 e. The van der Waals surface area contributed by atoms with E-state index in [1.807, 2.05) is 30.3 Å². The van der Waals surface area contributed by atoms with Gasteiger partial charge in [-0.3, -0.25) is 0 Å². The second kappa shape index (κ2) is 6.91. The van der Waals surface area contributed by atoms with Crippen molar-refractivity contribution in [1.82, 2.24) is 0 Å². The van der Waals surface area contributed by atoms with Gasteiger partial charge in [-0.05, 0) is 29.7 Å². The number of rotatable bonds is 5. The highest BCUT2D eigenvalue weighted by Gasteiger charge is 2.15. The first-order chi connectivity index (χ1) is 9.65.